The van der Waals surface area contributed by atoms with Gasteiger partial charge in [-0.25, -0.2) is 0 Å². The standard InChI is InChI=1S/C42H68N12O10S/c1-6-26(2)34-39(63)51-30(24-55)38(62)54-42(25-65-20-19-46-33(58)23-48-36(60)28(21-31(43)56)52-40(42)64)22-29(37(61)53-34)50-35(59)27(3)49-32(57)17-15-13-11-9-7-8-10-12-14-16-18-47-41(44-4)45-5/h8,10-11,13,19-20,26-30,34,55H,6-7,9,12,14-18,21-25H2,1-5H3,(H2,43,56)(H,46,58)(H,48,60)(H,49,57)(H,50,59)(H,51,63)(H,52,64)(H,53,61)(H,54,62)(H2,44,45,47)/b10-8+,13-11+,20-19-. The fourth-order valence-electron chi connectivity index (χ4n) is 6.49. The number of allylic oxidation sites excluding steroid dienone is 4. The third kappa shape index (κ3) is 19.8. The third-order valence-corrected chi connectivity index (χ3v) is 11.5. The molecule has 1 spiro atoms. The number of carbonyl (C=O) groups is 9. The second-order valence-corrected chi connectivity index (χ2v) is 16.5. The minimum atomic E-state index is -2.25. The van der Waals surface area contributed by atoms with Crippen LogP contribution in [0, 0.1) is 5.92 Å². The largest absolute Gasteiger partial charge is 0.394 e. The summed E-state index contributed by atoms with van der Waals surface area (Å²) in [5.74, 6) is -8.09. The lowest BCUT2D eigenvalue weighted by Crippen LogP contribution is -2.68. The average molecular weight is 933 g/mol. The number of nitrogens with one attached hydrogen (secondary N) is 10. The highest BCUT2D eigenvalue weighted by Gasteiger charge is 2.48. The maximum absolute atomic E-state index is 14.5. The Morgan fingerprint density at radius 3 is 2.28 bits per heavy atom. The van der Waals surface area contributed by atoms with Gasteiger partial charge in [-0.1, -0.05) is 44.6 Å². The van der Waals surface area contributed by atoms with E-state index in [2.05, 4.69) is 70.3 Å². The number of guanidine groups is 1. The molecule has 2 aliphatic rings. The van der Waals surface area contributed by atoms with Crippen molar-refractivity contribution in [1.29, 1.82) is 0 Å². The van der Waals surface area contributed by atoms with Crippen molar-refractivity contribution in [3.63, 3.8) is 0 Å². The summed E-state index contributed by atoms with van der Waals surface area (Å²) in [5.41, 5.74) is 3.14. The van der Waals surface area contributed by atoms with Crippen LogP contribution in [0.5, 0.6) is 0 Å². The fourth-order valence-corrected chi connectivity index (χ4v) is 7.36. The van der Waals surface area contributed by atoms with Crippen LogP contribution in [0.1, 0.15) is 85.0 Å². The Bertz CT molecular complexity index is 1790. The molecule has 22 nitrogen and oxygen atoms in total. The van der Waals surface area contributed by atoms with E-state index in [0.717, 1.165) is 56.4 Å². The summed E-state index contributed by atoms with van der Waals surface area (Å²) in [7, 11) is 3.53. The maximum atomic E-state index is 14.5. The van der Waals surface area contributed by atoms with Crippen molar-refractivity contribution >= 4 is 70.9 Å². The molecular formula is C42H68N12O10S. The van der Waals surface area contributed by atoms with Crippen molar-refractivity contribution in [2.45, 2.75) is 121 Å². The van der Waals surface area contributed by atoms with E-state index in [1.54, 1.807) is 20.9 Å². The van der Waals surface area contributed by atoms with Crippen LogP contribution in [0.4, 0.5) is 0 Å². The van der Waals surface area contributed by atoms with Gasteiger partial charge in [0.2, 0.25) is 53.2 Å². The van der Waals surface area contributed by atoms with Crippen LogP contribution in [-0.4, -0.2) is 140 Å². The molecule has 362 valence electrons. The molecule has 1 fully saturated rings. The molecule has 2 aliphatic heterocycles. The highest BCUT2D eigenvalue weighted by molar-refractivity contribution is 8.02. The average Bonchev–Trinajstić information content (AvgIpc) is 3.27. The lowest BCUT2D eigenvalue weighted by molar-refractivity contribution is -0.139. The summed E-state index contributed by atoms with van der Waals surface area (Å²) < 4.78 is 0. The number of amides is 9. The molecular weight excluding hydrogens is 865 g/mol. The van der Waals surface area contributed by atoms with Crippen LogP contribution in [-0.2, 0) is 43.2 Å². The van der Waals surface area contributed by atoms with Crippen molar-refractivity contribution in [3.8, 4) is 0 Å². The molecule has 7 unspecified atom stereocenters. The zero-order valence-corrected chi connectivity index (χ0v) is 38.7. The molecule has 13 N–H and O–H groups in total. The SMILES string of the molecule is CCC(C)C1NC(=O)C(NC(=O)C(C)NC(=O)CC/C=C/CC/C=C/CCCCN/C(=N/C)NC)CC2(CS/C=C\NC(=O)CNC(=O)C(CC(N)=O)NC2=O)NC(=O)C(CO)NC1=O. The van der Waals surface area contributed by atoms with Crippen molar-refractivity contribution < 1.29 is 48.3 Å². The smallest absolute Gasteiger partial charge is 0.247 e. The molecule has 9 amide bonds. The predicted molar refractivity (Wildman–Crippen MR) is 245 cm³/mol. The number of unbranched alkanes of at least 4 members (excludes halogenated alkanes) is 3. The lowest BCUT2D eigenvalue weighted by atomic mass is 9.89. The molecule has 0 radical (unpaired) electrons. The summed E-state index contributed by atoms with van der Waals surface area (Å²) in [6.07, 6.45) is 13.3. The van der Waals surface area contributed by atoms with Crippen molar-refractivity contribution in [2.75, 3.05) is 39.5 Å². The number of aliphatic imine (C=N–C) groups is 1. The molecule has 7 atom stereocenters. The van der Waals surface area contributed by atoms with Gasteiger partial charge in [-0.2, -0.15) is 0 Å². The number of nitrogens with two attached hydrogens (primary N) is 1. The molecule has 0 aliphatic carbocycles. The van der Waals surface area contributed by atoms with Gasteiger partial charge in [0.1, 0.15) is 35.7 Å². The number of aliphatic hydroxyl groups excluding tert-OH is 1. The first-order chi connectivity index (χ1) is 31.0. The van der Waals surface area contributed by atoms with Gasteiger partial charge < -0.3 is 64.0 Å². The van der Waals surface area contributed by atoms with E-state index in [4.69, 9.17) is 5.73 Å². The van der Waals surface area contributed by atoms with Crippen LogP contribution in [0.15, 0.2) is 40.9 Å². The topological polar surface area (TPSA) is 333 Å². The number of hydrogen-bond donors (Lipinski definition) is 12. The Morgan fingerprint density at radius 1 is 0.938 bits per heavy atom. The van der Waals surface area contributed by atoms with E-state index >= 15 is 0 Å². The molecule has 65 heavy (non-hydrogen) atoms. The van der Waals surface area contributed by atoms with E-state index < -0.39 is 127 Å². The fraction of sp³-hybridized carbons (Fsp3) is 0.619. The van der Waals surface area contributed by atoms with Gasteiger partial charge in [0, 0.05) is 45.4 Å². The second kappa shape index (κ2) is 29.5. The van der Waals surface area contributed by atoms with Crippen LogP contribution in [0.25, 0.3) is 0 Å². The first-order valence-electron chi connectivity index (χ1n) is 21.7. The zero-order chi connectivity index (χ0) is 48.4. The molecule has 0 aromatic rings. The molecule has 0 aromatic carbocycles. The summed E-state index contributed by atoms with van der Waals surface area (Å²) in [6.45, 7) is 4.18. The number of primary amides is 1. The summed E-state index contributed by atoms with van der Waals surface area (Å²) in [6, 6.07) is -7.48. The van der Waals surface area contributed by atoms with E-state index in [9.17, 15) is 48.3 Å². The molecule has 0 aromatic heterocycles. The Balaban J connectivity index is 2.31. The van der Waals surface area contributed by atoms with E-state index in [1.807, 2.05) is 19.2 Å². The molecule has 0 bridgehead atoms. The van der Waals surface area contributed by atoms with Crippen molar-refractivity contribution in [2.24, 2.45) is 16.6 Å². The van der Waals surface area contributed by atoms with Gasteiger partial charge in [0.05, 0.1) is 19.6 Å². The van der Waals surface area contributed by atoms with Gasteiger partial charge in [0.15, 0.2) is 5.96 Å². The highest BCUT2D eigenvalue weighted by Crippen LogP contribution is 2.24. The number of nitrogens with zero attached hydrogens (tertiary/aromatic N) is 1. The number of aliphatic hydroxyl groups is 1. The Hall–Kier alpha value is -5.97. The maximum Gasteiger partial charge on any atom is 0.247 e. The Morgan fingerprint density at radius 2 is 1.63 bits per heavy atom. The van der Waals surface area contributed by atoms with Gasteiger partial charge in [-0.05, 0) is 56.8 Å². The monoisotopic (exact) mass is 932 g/mol. The zero-order valence-electron chi connectivity index (χ0n) is 37.9. The quantitative estimate of drug-likeness (QED) is 0.0281. The molecule has 2 rings (SSSR count). The number of thioether (sulfide) groups is 1. The lowest BCUT2D eigenvalue weighted by Gasteiger charge is -2.37. The van der Waals surface area contributed by atoms with E-state index in [0.29, 0.717) is 12.8 Å². The Labute approximate surface area is 384 Å². The normalized spacial score (nSPS) is 24.2. The first-order valence-corrected chi connectivity index (χ1v) is 22.8. The second-order valence-electron chi connectivity index (χ2n) is 15.6. The van der Waals surface area contributed by atoms with Crippen molar-refractivity contribution in [1.82, 2.24) is 53.2 Å². The first kappa shape index (κ1) is 55.2. The third-order valence-electron chi connectivity index (χ3n) is 10.5. The van der Waals surface area contributed by atoms with Gasteiger partial charge >= 0.3 is 0 Å². The summed E-state index contributed by atoms with van der Waals surface area (Å²) in [5, 5.41) is 37.7. The van der Waals surface area contributed by atoms with Crippen LogP contribution in [0.2, 0.25) is 0 Å². The van der Waals surface area contributed by atoms with Crippen LogP contribution < -0.4 is 58.9 Å². The van der Waals surface area contributed by atoms with Gasteiger partial charge in [-0.3, -0.25) is 48.1 Å². The molecule has 2 heterocycles. The minimum Gasteiger partial charge on any atom is -0.394 e. The molecule has 23 heteroatoms. The minimum absolute atomic E-state index is 0.0538. The highest BCUT2D eigenvalue weighted by atomic mass is 32.2. The number of rotatable bonds is 19. The van der Waals surface area contributed by atoms with Crippen molar-refractivity contribution in [3.05, 3.63) is 35.9 Å². The number of hydrogen-bond acceptors (Lipinski definition) is 12. The van der Waals surface area contributed by atoms with E-state index in [1.165, 1.54) is 18.5 Å². The van der Waals surface area contributed by atoms with Gasteiger partial charge in [0.25, 0.3) is 0 Å². The summed E-state index contributed by atoms with van der Waals surface area (Å²) >= 11 is 0.878. The van der Waals surface area contributed by atoms with Gasteiger partial charge in [-0.15, -0.1) is 11.8 Å². The molecule has 1 saturated heterocycles. The van der Waals surface area contributed by atoms with E-state index in [-0.39, 0.29) is 6.42 Å². The Kier molecular flexibility index (Phi) is 25.0. The predicted octanol–water partition coefficient (Wildman–Crippen LogP) is -2.31. The molecule has 0 saturated carbocycles. The summed E-state index contributed by atoms with van der Waals surface area (Å²) in [4.78, 5) is 125. The number of carbonyl (C=O) groups excluding carboxylic acids is 9. The van der Waals surface area contributed by atoms with Crippen LogP contribution in [0.3, 0.4) is 0 Å². The van der Waals surface area contributed by atoms with Crippen LogP contribution >= 0.6 is 11.8 Å².